The summed E-state index contributed by atoms with van der Waals surface area (Å²) >= 11 is 0. The Bertz CT molecular complexity index is 596. The molecule has 24 heavy (non-hydrogen) atoms. The summed E-state index contributed by atoms with van der Waals surface area (Å²) in [5.41, 5.74) is 1.32. The molecule has 2 aliphatic rings. The van der Waals surface area contributed by atoms with Crippen LogP contribution in [-0.2, 0) is 9.53 Å². The molecule has 1 saturated carbocycles. The molecule has 1 atom stereocenters. The minimum absolute atomic E-state index is 0.00100. The number of hydrogen-bond acceptors (Lipinski definition) is 3. The van der Waals surface area contributed by atoms with Gasteiger partial charge in [0.2, 0.25) is 5.91 Å². The Hall–Kier alpha value is -1.88. The molecule has 0 radical (unpaired) electrons. The van der Waals surface area contributed by atoms with Crippen LogP contribution in [0, 0.1) is 5.92 Å². The number of nitrogens with zero attached hydrogens (tertiary/aromatic N) is 1. The van der Waals surface area contributed by atoms with Crippen molar-refractivity contribution in [3.05, 3.63) is 29.8 Å². The minimum atomic E-state index is -0.00100. The van der Waals surface area contributed by atoms with E-state index in [1.165, 1.54) is 6.42 Å². The predicted octanol–water partition coefficient (Wildman–Crippen LogP) is 3.07. The van der Waals surface area contributed by atoms with Crippen molar-refractivity contribution < 1.29 is 14.3 Å². The van der Waals surface area contributed by atoms with Crippen LogP contribution in [0.3, 0.4) is 0 Å². The van der Waals surface area contributed by atoms with E-state index in [0.29, 0.717) is 30.9 Å². The van der Waals surface area contributed by atoms with E-state index in [9.17, 15) is 9.59 Å². The van der Waals surface area contributed by atoms with E-state index in [0.717, 1.165) is 25.7 Å². The van der Waals surface area contributed by atoms with Crippen molar-refractivity contribution in [1.29, 1.82) is 0 Å². The second kappa shape index (κ2) is 7.79. The Morgan fingerprint density at radius 3 is 2.75 bits per heavy atom. The number of carbonyl (C=O) groups is 2. The molecule has 1 aliphatic carbocycles. The van der Waals surface area contributed by atoms with Crippen LogP contribution in [0.1, 0.15) is 49.4 Å². The van der Waals surface area contributed by atoms with Crippen molar-refractivity contribution in [2.75, 3.05) is 25.0 Å². The molecule has 0 bridgehead atoms. The van der Waals surface area contributed by atoms with Crippen molar-refractivity contribution in [1.82, 2.24) is 4.90 Å². The van der Waals surface area contributed by atoms with E-state index in [2.05, 4.69) is 5.32 Å². The van der Waals surface area contributed by atoms with Crippen molar-refractivity contribution in [3.63, 3.8) is 0 Å². The molecule has 1 N–H and O–H groups in total. The van der Waals surface area contributed by atoms with Gasteiger partial charge in [-0.3, -0.25) is 9.59 Å². The molecule has 1 saturated heterocycles. The molecule has 1 heterocycles. The molecule has 3 rings (SSSR count). The van der Waals surface area contributed by atoms with Crippen LogP contribution >= 0.6 is 0 Å². The SMILES string of the molecule is CC1CN(C(=O)c2cccc(NC(=O)C3CCCCC3)c2)CCO1. The number of carbonyl (C=O) groups excluding carboxylic acids is 2. The molecular weight excluding hydrogens is 304 g/mol. The third-order valence-electron chi connectivity index (χ3n) is 4.88. The predicted molar refractivity (Wildman–Crippen MR) is 93.0 cm³/mol. The van der Waals surface area contributed by atoms with Crippen molar-refractivity contribution in [2.45, 2.75) is 45.1 Å². The summed E-state index contributed by atoms with van der Waals surface area (Å²) in [5, 5.41) is 2.98. The zero-order valence-electron chi connectivity index (χ0n) is 14.3. The lowest BCUT2D eigenvalue weighted by molar-refractivity contribution is -0.120. The van der Waals surface area contributed by atoms with Crippen LogP contribution < -0.4 is 5.32 Å². The van der Waals surface area contributed by atoms with Crippen molar-refractivity contribution in [2.24, 2.45) is 5.92 Å². The molecule has 0 aromatic heterocycles. The second-order valence-corrected chi connectivity index (χ2v) is 6.84. The van der Waals surface area contributed by atoms with E-state index < -0.39 is 0 Å². The Morgan fingerprint density at radius 1 is 1.21 bits per heavy atom. The van der Waals surface area contributed by atoms with E-state index >= 15 is 0 Å². The van der Waals surface area contributed by atoms with Crippen LogP contribution in [0.2, 0.25) is 0 Å². The molecule has 0 spiro atoms. The fraction of sp³-hybridized carbons (Fsp3) is 0.579. The van der Waals surface area contributed by atoms with Gasteiger partial charge in [-0.25, -0.2) is 0 Å². The maximum absolute atomic E-state index is 12.6. The number of benzene rings is 1. The topological polar surface area (TPSA) is 58.6 Å². The molecular formula is C19H26N2O3. The van der Waals surface area contributed by atoms with Gasteiger partial charge in [-0.15, -0.1) is 0 Å². The second-order valence-electron chi connectivity index (χ2n) is 6.84. The lowest BCUT2D eigenvalue weighted by Gasteiger charge is -2.31. The van der Waals surface area contributed by atoms with Gasteiger partial charge in [-0.1, -0.05) is 25.3 Å². The first-order chi connectivity index (χ1) is 11.6. The summed E-state index contributed by atoms with van der Waals surface area (Å²) in [4.78, 5) is 26.8. The van der Waals surface area contributed by atoms with Crippen molar-refractivity contribution in [3.8, 4) is 0 Å². The Labute approximate surface area is 143 Å². The summed E-state index contributed by atoms with van der Waals surface area (Å²) in [6.07, 6.45) is 5.49. The summed E-state index contributed by atoms with van der Waals surface area (Å²) < 4.78 is 5.49. The number of nitrogens with one attached hydrogen (secondary N) is 1. The summed E-state index contributed by atoms with van der Waals surface area (Å²) in [7, 11) is 0. The minimum Gasteiger partial charge on any atom is -0.375 e. The van der Waals surface area contributed by atoms with Gasteiger partial charge in [0, 0.05) is 30.3 Å². The van der Waals surface area contributed by atoms with Crippen LogP contribution in [0.25, 0.3) is 0 Å². The molecule has 2 amide bonds. The van der Waals surface area contributed by atoms with Crippen LogP contribution in [-0.4, -0.2) is 42.5 Å². The summed E-state index contributed by atoms with van der Waals surface area (Å²) in [6.45, 7) is 3.77. The molecule has 1 aromatic rings. The average molecular weight is 330 g/mol. The fourth-order valence-electron chi connectivity index (χ4n) is 3.52. The van der Waals surface area contributed by atoms with Gasteiger partial charge >= 0.3 is 0 Å². The lowest BCUT2D eigenvalue weighted by atomic mass is 9.88. The normalized spacial score (nSPS) is 22.2. The summed E-state index contributed by atoms with van der Waals surface area (Å²) in [5.74, 6) is 0.191. The van der Waals surface area contributed by atoms with Crippen LogP contribution in [0.15, 0.2) is 24.3 Å². The van der Waals surface area contributed by atoms with Gasteiger partial charge in [0.1, 0.15) is 0 Å². The molecule has 5 nitrogen and oxygen atoms in total. The lowest BCUT2D eigenvalue weighted by Crippen LogP contribution is -2.44. The highest BCUT2D eigenvalue weighted by Crippen LogP contribution is 2.25. The number of hydrogen-bond donors (Lipinski definition) is 1. The van der Waals surface area contributed by atoms with E-state index in [1.54, 1.807) is 12.1 Å². The third-order valence-corrected chi connectivity index (χ3v) is 4.88. The average Bonchev–Trinajstić information content (AvgIpc) is 2.62. The van der Waals surface area contributed by atoms with Gasteiger partial charge in [-0.2, -0.15) is 0 Å². The monoisotopic (exact) mass is 330 g/mol. The van der Waals surface area contributed by atoms with Gasteiger partial charge in [0.15, 0.2) is 0 Å². The first kappa shape index (κ1) is 17.0. The quantitative estimate of drug-likeness (QED) is 0.926. The van der Waals surface area contributed by atoms with Gasteiger partial charge in [-0.05, 0) is 38.0 Å². The molecule has 130 valence electrons. The van der Waals surface area contributed by atoms with Crippen LogP contribution in [0.4, 0.5) is 5.69 Å². The number of morpholine rings is 1. The largest absolute Gasteiger partial charge is 0.375 e. The maximum Gasteiger partial charge on any atom is 0.254 e. The summed E-state index contributed by atoms with van der Waals surface area (Å²) in [6, 6.07) is 7.26. The Morgan fingerprint density at radius 2 is 2.00 bits per heavy atom. The maximum atomic E-state index is 12.6. The number of rotatable bonds is 3. The van der Waals surface area contributed by atoms with Crippen LogP contribution in [0.5, 0.6) is 0 Å². The zero-order valence-corrected chi connectivity index (χ0v) is 14.3. The standard InChI is InChI=1S/C19H26N2O3/c1-14-13-21(10-11-24-14)19(23)16-8-5-9-17(12-16)20-18(22)15-6-3-2-4-7-15/h5,8-9,12,14-15H,2-4,6-7,10-11,13H2,1H3,(H,20,22). The van der Waals surface area contributed by atoms with E-state index in [1.807, 2.05) is 24.0 Å². The number of amides is 2. The first-order valence-electron chi connectivity index (χ1n) is 8.95. The first-order valence-corrected chi connectivity index (χ1v) is 8.95. The zero-order chi connectivity index (χ0) is 16.9. The van der Waals surface area contributed by atoms with Gasteiger partial charge in [0.25, 0.3) is 5.91 Å². The smallest absolute Gasteiger partial charge is 0.254 e. The highest BCUT2D eigenvalue weighted by atomic mass is 16.5. The molecule has 1 aromatic carbocycles. The highest BCUT2D eigenvalue weighted by molar-refractivity contribution is 5.97. The number of anilines is 1. The molecule has 5 heteroatoms. The van der Waals surface area contributed by atoms with Gasteiger partial charge < -0.3 is 15.0 Å². The Balaban J connectivity index is 1.65. The Kier molecular flexibility index (Phi) is 5.51. The van der Waals surface area contributed by atoms with Crippen molar-refractivity contribution >= 4 is 17.5 Å². The molecule has 1 unspecified atom stereocenters. The molecule has 1 aliphatic heterocycles. The third kappa shape index (κ3) is 4.15. The fourth-order valence-corrected chi connectivity index (χ4v) is 3.52. The van der Waals surface area contributed by atoms with Gasteiger partial charge in [0.05, 0.1) is 12.7 Å². The highest BCUT2D eigenvalue weighted by Gasteiger charge is 2.24. The molecule has 2 fully saturated rings. The number of ether oxygens (including phenoxy) is 1. The van der Waals surface area contributed by atoms with E-state index in [-0.39, 0.29) is 23.8 Å². The van der Waals surface area contributed by atoms with E-state index in [4.69, 9.17) is 4.74 Å².